The lowest BCUT2D eigenvalue weighted by Gasteiger charge is -2.09. The zero-order chi connectivity index (χ0) is 10.8. The van der Waals surface area contributed by atoms with E-state index < -0.39 is 6.10 Å². The van der Waals surface area contributed by atoms with Gasteiger partial charge >= 0.3 is 0 Å². The van der Waals surface area contributed by atoms with E-state index in [1.165, 1.54) is 0 Å². The standard InChI is InChI=1S/C9H11BrN4O/c1-11-4-6(15)8-9-13-5-7(10)14(9)3-2-12-8/h2-3,5-6,11,15H,4H2,1H3. The van der Waals surface area contributed by atoms with Gasteiger partial charge in [0.05, 0.1) is 6.20 Å². The first kappa shape index (κ1) is 10.5. The third-order valence-electron chi connectivity index (χ3n) is 2.12. The van der Waals surface area contributed by atoms with Crippen molar-refractivity contribution in [3.05, 3.63) is 28.9 Å². The maximum atomic E-state index is 9.83. The fourth-order valence-corrected chi connectivity index (χ4v) is 1.82. The molecule has 2 rings (SSSR count). The van der Waals surface area contributed by atoms with Crippen LogP contribution in [0.1, 0.15) is 11.8 Å². The summed E-state index contributed by atoms with van der Waals surface area (Å²) in [5.74, 6) is 0. The normalized spacial score (nSPS) is 13.3. The molecule has 0 aliphatic rings. The van der Waals surface area contributed by atoms with Crippen molar-refractivity contribution in [2.24, 2.45) is 0 Å². The number of aliphatic hydroxyl groups is 1. The minimum atomic E-state index is -0.645. The Kier molecular flexibility index (Phi) is 2.99. The Morgan fingerprint density at radius 3 is 3.13 bits per heavy atom. The Bertz CT molecular complexity index is 470. The molecule has 2 aromatic heterocycles. The first-order valence-corrected chi connectivity index (χ1v) is 5.33. The molecule has 0 aliphatic heterocycles. The molecule has 5 nitrogen and oxygen atoms in total. The molecule has 0 bridgehead atoms. The fraction of sp³-hybridized carbons (Fsp3) is 0.333. The average molecular weight is 271 g/mol. The minimum absolute atomic E-state index is 0.456. The number of hydrogen-bond acceptors (Lipinski definition) is 4. The average Bonchev–Trinajstić information content (AvgIpc) is 2.61. The van der Waals surface area contributed by atoms with Gasteiger partial charge in [-0.1, -0.05) is 0 Å². The number of hydrogen-bond donors (Lipinski definition) is 2. The molecule has 0 spiro atoms. The van der Waals surface area contributed by atoms with Crippen LogP contribution in [0.5, 0.6) is 0 Å². The van der Waals surface area contributed by atoms with Crippen LogP contribution in [0.15, 0.2) is 23.2 Å². The van der Waals surface area contributed by atoms with Gasteiger partial charge in [0, 0.05) is 18.9 Å². The van der Waals surface area contributed by atoms with Crippen molar-refractivity contribution in [1.82, 2.24) is 19.7 Å². The SMILES string of the molecule is CNCC(O)c1nccn2c(Br)cnc12. The second kappa shape index (κ2) is 4.26. The summed E-state index contributed by atoms with van der Waals surface area (Å²) in [7, 11) is 1.78. The van der Waals surface area contributed by atoms with Gasteiger partial charge in [-0.2, -0.15) is 0 Å². The summed E-state index contributed by atoms with van der Waals surface area (Å²) in [5, 5.41) is 12.7. The maximum absolute atomic E-state index is 9.83. The van der Waals surface area contributed by atoms with Crippen molar-refractivity contribution in [2.45, 2.75) is 6.10 Å². The molecule has 0 aliphatic carbocycles. The number of imidazole rings is 1. The first-order valence-electron chi connectivity index (χ1n) is 4.54. The van der Waals surface area contributed by atoms with Crippen molar-refractivity contribution in [3.8, 4) is 0 Å². The summed E-state index contributed by atoms with van der Waals surface area (Å²) >= 11 is 3.36. The van der Waals surface area contributed by atoms with Gasteiger partial charge < -0.3 is 10.4 Å². The second-order valence-corrected chi connectivity index (χ2v) is 3.97. The van der Waals surface area contributed by atoms with E-state index in [1.54, 1.807) is 25.6 Å². The Hall–Kier alpha value is -0.980. The highest BCUT2D eigenvalue weighted by Gasteiger charge is 2.14. The zero-order valence-electron chi connectivity index (χ0n) is 8.18. The number of halogens is 1. The molecule has 0 saturated heterocycles. The molecule has 1 unspecified atom stereocenters. The predicted octanol–water partition coefficient (Wildman–Crippen LogP) is 0.745. The van der Waals surface area contributed by atoms with Crippen LogP contribution in [0.25, 0.3) is 5.65 Å². The highest BCUT2D eigenvalue weighted by atomic mass is 79.9. The van der Waals surface area contributed by atoms with Gasteiger partial charge in [-0.05, 0) is 23.0 Å². The molecular formula is C9H11BrN4O. The van der Waals surface area contributed by atoms with Crippen molar-refractivity contribution < 1.29 is 5.11 Å². The Balaban J connectivity index is 2.51. The molecule has 0 amide bonds. The monoisotopic (exact) mass is 270 g/mol. The minimum Gasteiger partial charge on any atom is -0.385 e. The van der Waals surface area contributed by atoms with Gasteiger partial charge in [0.2, 0.25) is 0 Å². The van der Waals surface area contributed by atoms with Gasteiger partial charge in [0.25, 0.3) is 0 Å². The molecule has 15 heavy (non-hydrogen) atoms. The quantitative estimate of drug-likeness (QED) is 0.864. The largest absolute Gasteiger partial charge is 0.385 e. The molecule has 2 aromatic rings. The van der Waals surface area contributed by atoms with Crippen LogP contribution in [-0.2, 0) is 0 Å². The first-order chi connectivity index (χ1) is 7.24. The smallest absolute Gasteiger partial charge is 0.162 e. The molecule has 0 saturated carbocycles. The highest BCUT2D eigenvalue weighted by Crippen LogP contribution is 2.18. The van der Waals surface area contributed by atoms with E-state index in [-0.39, 0.29) is 0 Å². The van der Waals surface area contributed by atoms with Gasteiger partial charge in [0.1, 0.15) is 16.4 Å². The van der Waals surface area contributed by atoms with Crippen LogP contribution in [0.2, 0.25) is 0 Å². The molecule has 1 atom stereocenters. The van der Waals surface area contributed by atoms with Gasteiger partial charge in [-0.3, -0.25) is 9.38 Å². The predicted molar refractivity (Wildman–Crippen MR) is 59.6 cm³/mol. The molecule has 2 N–H and O–H groups in total. The van der Waals surface area contributed by atoms with Crippen LogP contribution >= 0.6 is 15.9 Å². The van der Waals surface area contributed by atoms with Crippen LogP contribution in [-0.4, -0.2) is 33.1 Å². The number of fused-ring (bicyclic) bond motifs is 1. The summed E-state index contributed by atoms with van der Waals surface area (Å²) < 4.78 is 2.68. The number of aromatic nitrogens is 3. The van der Waals surface area contributed by atoms with Crippen molar-refractivity contribution >= 4 is 21.6 Å². The van der Waals surface area contributed by atoms with E-state index in [9.17, 15) is 5.11 Å². The summed E-state index contributed by atoms with van der Waals surface area (Å²) in [5.41, 5.74) is 1.25. The van der Waals surface area contributed by atoms with Crippen molar-refractivity contribution in [1.29, 1.82) is 0 Å². The third-order valence-corrected chi connectivity index (χ3v) is 2.71. The van der Waals surface area contributed by atoms with Crippen LogP contribution in [0.4, 0.5) is 0 Å². The van der Waals surface area contributed by atoms with Crippen molar-refractivity contribution in [2.75, 3.05) is 13.6 Å². The lowest BCUT2D eigenvalue weighted by atomic mass is 10.2. The Labute approximate surface area is 95.3 Å². The van der Waals surface area contributed by atoms with Crippen LogP contribution < -0.4 is 5.32 Å². The Morgan fingerprint density at radius 2 is 2.40 bits per heavy atom. The number of likely N-dealkylation sites (N-methyl/N-ethyl adjacent to an activating group) is 1. The molecule has 2 heterocycles. The molecule has 80 valence electrons. The van der Waals surface area contributed by atoms with Gasteiger partial charge in [0.15, 0.2) is 5.65 Å². The molecule has 0 radical (unpaired) electrons. The van der Waals surface area contributed by atoms with E-state index in [0.717, 1.165) is 4.60 Å². The number of aliphatic hydroxyl groups excluding tert-OH is 1. The summed E-state index contributed by atoms with van der Waals surface area (Å²) in [6.45, 7) is 0.456. The highest BCUT2D eigenvalue weighted by molar-refractivity contribution is 9.10. The summed E-state index contributed by atoms with van der Waals surface area (Å²) in [6.07, 6.45) is 4.48. The lowest BCUT2D eigenvalue weighted by molar-refractivity contribution is 0.174. The van der Waals surface area contributed by atoms with Crippen LogP contribution in [0.3, 0.4) is 0 Å². The van der Waals surface area contributed by atoms with Gasteiger partial charge in [-0.25, -0.2) is 4.98 Å². The molecule has 0 aromatic carbocycles. The maximum Gasteiger partial charge on any atom is 0.162 e. The molecule has 0 fully saturated rings. The molecular weight excluding hydrogens is 260 g/mol. The van der Waals surface area contributed by atoms with E-state index >= 15 is 0 Å². The van der Waals surface area contributed by atoms with Gasteiger partial charge in [-0.15, -0.1) is 0 Å². The Morgan fingerprint density at radius 1 is 1.60 bits per heavy atom. The number of rotatable bonds is 3. The second-order valence-electron chi connectivity index (χ2n) is 3.16. The number of nitrogens with one attached hydrogen (secondary N) is 1. The topological polar surface area (TPSA) is 62.5 Å². The van der Waals surface area contributed by atoms with E-state index in [2.05, 4.69) is 31.2 Å². The zero-order valence-corrected chi connectivity index (χ0v) is 9.77. The van der Waals surface area contributed by atoms with E-state index in [1.807, 2.05) is 4.40 Å². The lowest BCUT2D eigenvalue weighted by Crippen LogP contribution is -2.18. The van der Waals surface area contributed by atoms with Crippen molar-refractivity contribution in [3.63, 3.8) is 0 Å². The van der Waals surface area contributed by atoms with E-state index in [4.69, 9.17) is 0 Å². The molecule has 6 heteroatoms. The van der Waals surface area contributed by atoms with Crippen LogP contribution in [0, 0.1) is 0 Å². The summed E-state index contributed by atoms with van der Waals surface area (Å²) in [4.78, 5) is 8.33. The third kappa shape index (κ3) is 1.88. The van der Waals surface area contributed by atoms with E-state index in [0.29, 0.717) is 17.9 Å². The summed E-state index contributed by atoms with van der Waals surface area (Å²) in [6, 6.07) is 0. The fourth-order valence-electron chi connectivity index (χ4n) is 1.43. The number of nitrogens with zero attached hydrogens (tertiary/aromatic N) is 3.